The summed E-state index contributed by atoms with van der Waals surface area (Å²) in [6.07, 6.45) is 1.50. The van der Waals surface area contributed by atoms with Crippen molar-refractivity contribution >= 4 is 12.1 Å². The summed E-state index contributed by atoms with van der Waals surface area (Å²) in [5.41, 5.74) is 0.819. The molecule has 5 heteroatoms. The van der Waals surface area contributed by atoms with Crippen molar-refractivity contribution in [3.05, 3.63) is 11.8 Å². The maximum Gasteiger partial charge on any atom is 0.414 e. The largest absolute Gasteiger partial charge is 0.466 e. The van der Waals surface area contributed by atoms with Gasteiger partial charge in [0.1, 0.15) is 0 Å². The molecule has 1 rings (SSSR count). The Hall–Kier alpha value is -1.52. The minimum atomic E-state index is -0.412. The first kappa shape index (κ1) is 15.5. The second-order valence-electron chi connectivity index (χ2n) is 4.75. The van der Waals surface area contributed by atoms with Gasteiger partial charge in [-0.3, -0.25) is 9.69 Å². The summed E-state index contributed by atoms with van der Waals surface area (Å²) in [5, 5.41) is 0. The van der Waals surface area contributed by atoms with Crippen LogP contribution in [0.15, 0.2) is 11.8 Å². The third-order valence-electron chi connectivity index (χ3n) is 3.40. The number of carbonyl (C=O) groups is 2. The Morgan fingerprint density at radius 1 is 1.21 bits per heavy atom. The Kier molecular flexibility index (Phi) is 5.39. The molecule has 1 heterocycles. The van der Waals surface area contributed by atoms with E-state index in [1.165, 1.54) is 4.90 Å². The summed E-state index contributed by atoms with van der Waals surface area (Å²) in [5.74, 6) is -0.576. The summed E-state index contributed by atoms with van der Waals surface area (Å²) in [6.45, 7) is 9.87. The Labute approximate surface area is 114 Å². The Balaban J connectivity index is 2.99. The molecule has 0 aromatic heterocycles. The number of hydrogen-bond acceptors (Lipinski definition) is 4. The lowest BCUT2D eigenvalue weighted by Crippen LogP contribution is -2.49. The molecule has 0 bridgehead atoms. The molecule has 0 fully saturated rings. The van der Waals surface area contributed by atoms with Gasteiger partial charge in [0.2, 0.25) is 0 Å². The lowest BCUT2D eigenvalue weighted by molar-refractivity contribution is -0.151. The number of allylic oxidation sites excluding steroid dienone is 2. The molecule has 108 valence electrons. The molecule has 1 amide bonds. The Bertz CT molecular complexity index is 378. The van der Waals surface area contributed by atoms with E-state index in [1.807, 2.05) is 26.8 Å². The van der Waals surface area contributed by atoms with Crippen LogP contribution in [0.1, 0.15) is 34.6 Å². The minimum absolute atomic E-state index is 0.0414. The standard InChI is InChI=1S/C14H23NO4/c1-6-18-13(16)12-9(3)8-10(4)15(11(12)5)14(17)19-7-2/h8-9,11-12H,6-7H2,1-5H3. The van der Waals surface area contributed by atoms with Gasteiger partial charge >= 0.3 is 12.1 Å². The van der Waals surface area contributed by atoms with Crippen molar-refractivity contribution in [1.82, 2.24) is 4.90 Å². The van der Waals surface area contributed by atoms with Gasteiger partial charge in [0.15, 0.2) is 0 Å². The SMILES string of the molecule is CCOC(=O)C1C(C)C=C(C)N(C(=O)OCC)C1C. The molecule has 1 aliphatic rings. The number of carbonyl (C=O) groups excluding carboxylic acids is 2. The number of nitrogens with zero attached hydrogens (tertiary/aromatic N) is 1. The Morgan fingerprint density at radius 2 is 1.79 bits per heavy atom. The van der Waals surface area contributed by atoms with E-state index in [2.05, 4.69) is 0 Å². The molecule has 0 spiro atoms. The minimum Gasteiger partial charge on any atom is -0.466 e. The molecule has 0 saturated heterocycles. The summed E-state index contributed by atoms with van der Waals surface area (Å²) >= 11 is 0. The molecule has 0 saturated carbocycles. The van der Waals surface area contributed by atoms with Crippen molar-refractivity contribution in [2.75, 3.05) is 13.2 Å². The predicted molar refractivity (Wildman–Crippen MR) is 71.4 cm³/mol. The first-order valence-corrected chi connectivity index (χ1v) is 6.75. The highest BCUT2D eigenvalue weighted by Crippen LogP contribution is 2.32. The van der Waals surface area contributed by atoms with Crippen LogP contribution in [0, 0.1) is 11.8 Å². The average molecular weight is 269 g/mol. The molecule has 0 aliphatic carbocycles. The van der Waals surface area contributed by atoms with Crippen molar-refractivity contribution in [2.45, 2.75) is 40.7 Å². The smallest absolute Gasteiger partial charge is 0.414 e. The molecule has 3 atom stereocenters. The zero-order valence-electron chi connectivity index (χ0n) is 12.3. The molecule has 5 nitrogen and oxygen atoms in total. The van der Waals surface area contributed by atoms with Crippen molar-refractivity contribution in [2.24, 2.45) is 11.8 Å². The van der Waals surface area contributed by atoms with Gasteiger partial charge in [-0.25, -0.2) is 4.79 Å². The lowest BCUT2D eigenvalue weighted by atomic mass is 9.83. The Morgan fingerprint density at radius 3 is 2.32 bits per heavy atom. The molecule has 1 aliphatic heterocycles. The van der Waals surface area contributed by atoms with Crippen LogP contribution in [-0.4, -0.2) is 36.2 Å². The van der Waals surface area contributed by atoms with Crippen molar-refractivity contribution in [3.63, 3.8) is 0 Å². The van der Waals surface area contributed by atoms with Gasteiger partial charge in [-0.2, -0.15) is 0 Å². The number of rotatable bonds is 3. The highest BCUT2D eigenvalue weighted by molar-refractivity contribution is 5.77. The van der Waals surface area contributed by atoms with Gasteiger partial charge in [-0.1, -0.05) is 13.0 Å². The number of ether oxygens (including phenoxy) is 2. The monoisotopic (exact) mass is 269 g/mol. The van der Waals surface area contributed by atoms with E-state index in [0.717, 1.165) is 5.70 Å². The van der Waals surface area contributed by atoms with Gasteiger partial charge < -0.3 is 9.47 Å². The van der Waals surface area contributed by atoms with Gasteiger partial charge in [0.25, 0.3) is 0 Å². The molecule has 0 N–H and O–H groups in total. The number of hydrogen-bond donors (Lipinski definition) is 0. The first-order chi connectivity index (χ1) is 8.93. The lowest BCUT2D eigenvalue weighted by Gasteiger charge is -2.39. The normalized spacial score (nSPS) is 26.7. The molecule has 0 aromatic carbocycles. The number of amides is 1. The zero-order chi connectivity index (χ0) is 14.6. The predicted octanol–water partition coefficient (Wildman–Crippen LogP) is 2.57. The maximum atomic E-state index is 12.0. The van der Waals surface area contributed by atoms with E-state index in [1.54, 1.807) is 13.8 Å². The van der Waals surface area contributed by atoms with Crippen LogP contribution < -0.4 is 0 Å². The zero-order valence-corrected chi connectivity index (χ0v) is 12.3. The van der Waals surface area contributed by atoms with Crippen LogP contribution in [0.25, 0.3) is 0 Å². The third-order valence-corrected chi connectivity index (χ3v) is 3.40. The van der Waals surface area contributed by atoms with E-state index >= 15 is 0 Å². The van der Waals surface area contributed by atoms with Gasteiger partial charge in [0.05, 0.1) is 25.2 Å². The van der Waals surface area contributed by atoms with Crippen LogP contribution in [0.2, 0.25) is 0 Å². The van der Waals surface area contributed by atoms with E-state index < -0.39 is 6.09 Å². The summed E-state index contributed by atoms with van der Waals surface area (Å²) < 4.78 is 10.1. The third kappa shape index (κ3) is 3.28. The highest BCUT2D eigenvalue weighted by atomic mass is 16.6. The molecular formula is C14H23NO4. The van der Waals surface area contributed by atoms with Crippen molar-refractivity contribution < 1.29 is 19.1 Å². The fourth-order valence-electron chi connectivity index (χ4n) is 2.64. The topological polar surface area (TPSA) is 55.8 Å². The van der Waals surface area contributed by atoms with Crippen LogP contribution >= 0.6 is 0 Å². The maximum absolute atomic E-state index is 12.0. The highest BCUT2D eigenvalue weighted by Gasteiger charge is 2.40. The van der Waals surface area contributed by atoms with E-state index in [9.17, 15) is 9.59 Å². The fraction of sp³-hybridized carbons (Fsp3) is 0.714. The van der Waals surface area contributed by atoms with Gasteiger partial charge in [-0.05, 0) is 33.6 Å². The molecule has 0 aromatic rings. The summed E-state index contributed by atoms with van der Waals surface area (Å²) in [6, 6.07) is -0.266. The number of esters is 1. The van der Waals surface area contributed by atoms with E-state index in [-0.39, 0.29) is 23.8 Å². The fourth-order valence-corrected chi connectivity index (χ4v) is 2.64. The average Bonchev–Trinajstić information content (AvgIpc) is 2.28. The van der Waals surface area contributed by atoms with Crippen molar-refractivity contribution in [1.29, 1.82) is 0 Å². The van der Waals surface area contributed by atoms with Crippen LogP contribution in [0.4, 0.5) is 4.79 Å². The summed E-state index contributed by atoms with van der Waals surface area (Å²) in [4.78, 5) is 25.5. The second kappa shape index (κ2) is 6.59. The molecule has 3 unspecified atom stereocenters. The van der Waals surface area contributed by atoms with Gasteiger partial charge in [-0.15, -0.1) is 0 Å². The molecule has 19 heavy (non-hydrogen) atoms. The molecular weight excluding hydrogens is 246 g/mol. The molecule has 0 radical (unpaired) electrons. The second-order valence-corrected chi connectivity index (χ2v) is 4.75. The van der Waals surface area contributed by atoms with Crippen LogP contribution in [-0.2, 0) is 14.3 Å². The van der Waals surface area contributed by atoms with E-state index in [4.69, 9.17) is 9.47 Å². The van der Waals surface area contributed by atoms with Crippen LogP contribution in [0.5, 0.6) is 0 Å². The summed E-state index contributed by atoms with van der Waals surface area (Å²) in [7, 11) is 0. The van der Waals surface area contributed by atoms with Crippen molar-refractivity contribution in [3.8, 4) is 0 Å². The van der Waals surface area contributed by atoms with E-state index in [0.29, 0.717) is 13.2 Å². The van der Waals surface area contributed by atoms with Crippen LogP contribution in [0.3, 0.4) is 0 Å². The quantitative estimate of drug-likeness (QED) is 0.739. The van der Waals surface area contributed by atoms with Gasteiger partial charge in [0, 0.05) is 5.70 Å². The first-order valence-electron chi connectivity index (χ1n) is 6.75.